The van der Waals surface area contributed by atoms with Gasteiger partial charge in [0.2, 0.25) is 0 Å². The second kappa shape index (κ2) is 7.80. The highest BCUT2D eigenvalue weighted by atomic mass is 32.1. The Morgan fingerprint density at radius 3 is 2.70 bits per heavy atom. The van der Waals surface area contributed by atoms with E-state index in [0.29, 0.717) is 33.8 Å². The fourth-order valence-electron chi connectivity index (χ4n) is 4.16. The van der Waals surface area contributed by atoms with Crippen molar-refractivity contribution in [1.29, 1.82) is 0 Å². The van der Waals surface area contributed by atoms with Crippen LogP contribution in [0.3, 0.4) is 0 Å². The number of fused-ring (bicyclic) bond motifs is 4. The van der Waals surface area contributed by atoms with Crippen molar-refractivity contribution in [2.24, 2.45) is 0 Å². The summed E-state index contributed by atoms with van der Waals surface area (Å²) in [7, 11) is 0. The lowest BCUT2D eigenvalue weighted by Gasteiger charge is -2.22. The van der Waals surface area contributed by atoms with E-state index < -0.39 is 29.8 Å². The average molecular weight is 471 g/mol. The Hall–Kier alpha value is -3.53. The maximum Gasteiger partial charge on any atom is 0.416 e. The smallest absolute Gasteiger partial charge is 0.416 e. The number of hydrogen-bond donors (Lipinski definition) is 1. The minimum absolute atomic E-state index is 0.0895. The highest BCUT2D eigenvalue weighted by Gasteiger charge is 2.31. The first-order valence-electron chi connectivity index (χ1n) is 10.1. The molecule has 168 valence electrons. The van der Waals surface area contributed by atoms with E-state index in [2.05, 4.69) is 10.1 Å². The summed E-state index contributed by atoms with van der Waals surface area (Å²) in [4.78, 5) is 28.8. The Morgan fingerprint density at radius 2 is 1.94 bits per heavy atom. The van der Waals surface area contributed by atoms with Crippen molar-refractivity contribution in [3.63, 3.8) is 0 Å². The van der Waals surface area contributed by atoms with Crippen LogP contribution < -0.4 is 5.56 Å². The number of aryl methyl sites for hydroxylation is 1. The molecule has 6 nitrogen and oxygen atoms in total. The van der Waals surface area contributed by atoms with Crippen LogP contribution in [0, 0.1) is 0 Å². The van der Waals surface area contributed by atoms with Gasteiger partial charge >= 0.3 is 12.1 Å². The van der Waals surface area contributed by atoms with Gasteiger partial charge in [-0.1, -0.05) is 24.3 Å². The monoisotopic (exact) mass is 471 g/mol. The highest BCUT2D eigenvalue weighted by molar-refractivity contribution is 7.18. The molecule has 0 unspecified atom stereocenters. The molecule has 5 rings (SSSR count). The quantitative estimate of drug-likeness (QED) is 0.479. The fraction of sp³-hybridized carbons (Fsp3) is 0.217. The third kappa shape index (κ3) is 3.91. The van der Waals surface area contributed by atoms with Gasteiger partial charge in [0.1, 0.15) is 6.54 Å². The number of aliphatic carboxylic acids is 1. The SMILES string of the molecule is O=C(O)Cn1nc2c(c(Cc3nc4cc(C(F)(F)F)ccc4s3)c1=O)CCc1ccccc1-2. The van der Waals surface area contributed by atoms with Gasteiger partial charge in [-0.2, -0.15) is 18.3 Å². The number of rotatable bonds is 4. The number of alkyl halides is 3. The number of thiazole rings is 1. The Balaban J connectivity index is 1.64. The first-order valence-corrected chi connectivity index (χ1v) is 10.9. The number of hydrogen-bond acceptors (Lipinski definition) is 5. The number of nitrogens with zero attached hydrogens (tertiary/aromatic N) is 3. The first-order chi connectivity index (χ1) is 15.7. The van der Waals surface area contributed by atoms with Crippen molar-refractivity contribution in [1.82, 2.24) is 14.8 Å². The standard InChI is InChI=1S/C23H16F3N3O3S/c24-23(25,26)13-6-8-18-17(9-13)27-19(33-18)10-16-15-7-5-12-3-1-2-4-14(12)21(15)28-29(22(16)32)11-20(30)31/h1-4,6,8-9H,5,7,10-11H2,(H,30,31). The summed E-state index contributed by atoms with van der Waals surface area (Å²) >= 11 is 1.21. The number of carboxylic acids is 1. The summed E-state index contributed by atoms with van der Waals surface area (Å²) in [5, 5.41) is 14.1. The minimum atomic E-state index is -4.47. The summed E-state index contributed by atoms with van der Waals surface area (Å²) in [6, 6.07) is 11.0. The molecule has 33 heavy (non-hydrogen) atoms. The third-order valence-corrected chi connectivity index (χ3v) is 6.69. The van der Waals surface area contributed by atoms with E-state index in [1.54, 1.807) is 0 Å². The van der Waals surface area contributed by atoms with Gasteiger partial charge in [0.25, 0.3) is 5.56 Å². The predicted octanol–water partition coefficient (Wildman–Crippen LogP) is 4.31. The van der Waals surface area contributed by atoms with Crippen LogP contribution in [0.2, 0.25) is 0 Å². The molecule has 0 saturated carbocycles. The minimum Gasteiger partial charge on any atom is -0.480 e. The van der Waals surface area contributed by atoms with E-state index in [1.807, 2.05) is 24.3 Å². The van der Waals surface area contributed by atoms with Crippen LogP contribution in [0.4, 0.5) is 13.2 Å². The van der Waals surface area contributed by atoms with Crippen LogP contribution in [0.5, 0.6) is 0 Å². The van der Waals surface area contributed by atoms with Crippen LogP contribution in [0.1, 0.15) is 27.3 Å². The van der Waals surface area contributed by atoms with Gasteiger partial charge in [-0.05, 0) is 42.2 Å². The zero-order chi connectivity index (χ0) is 23.3. The molecule has 0 radical (unpaired) electrons. The van der Waals surface area contributed by atoms with Crippen molar-refractivity contribution in [3.8, 4) is 11.3 Å². The van der Waals surface area contributed by atoms with E-state index in [9.17, 15) is 27.9 Å². The second-order valence-electron chi connectivity index (χ2n) is 7.78. The number of carboxylic acid groups (broad SMARTS) is 1. The maximum absolute atomic E-state index is 13.2. The van der Waals surface area contributed by atoms with Crippen molar-refractivity contribution in [3.05, 3.63) is 80.1 Å². The molecule has 0 amide bonds. The van der Waals surface area contributed by atoms with Gasteiger partial charge in [-0.25, -0.2) is 9.67 Å². The molecule has 0 bridgehead atoms. The molecular weight excluding hydrogens is 455 g/mol. The zero-order valence-corrected chi connectivity index (χ0v) is 17.8. The predicted molar refractivity (Wildman–Crippen MR) is 116 cm³/mol. The van der Waals surface area contributed by atoms with Crippen molar-refractivity contribution >= 4 is 27.5 Å². The molecule has 10 heteroatoms. The third-order valence-electron chi connectivity index (χ3n) is 5.65. The summed E-state index contributed by atoms with van der Waals surface area (Å²) in [6.07, 6.45) is -3.12. The van der Waals surface area contributed by atoms with Gasteiger partial charge in [0, 0.05) is 17.5 Å². The lowest BCUT2D eigenvalue weighted by Crippen LogP contribution is -2.32. The Morgan fingerprint density at radius 1 is 1.15 bits per heavy atom. The molecule has 2 aromatic heterocycles. The average Bonchev–Trinajstić information content (AvgIpc) is 3.17. The zero-order valence-electron chi connectivity index (χ0n) is 17.0. The number of benzene rings is 2. The molecule has 1 N–H and O–H groups in total. The number of carbonyl (C=O) groups is 1. The van der Waals surface area contributed by atoms with Crippen LogP contribution in [-0.4, -0.2) is 25.8 Å². The Kier molecular flexibility index (Phi) is 5.04. The van der Waals surface area contributed by atoms with Gasteiger partial charge < -0.3 is 5.11 Å². The molecule has 0 spiro atoms. The Labute approximate surface area is 189 Å². The van der Waals surface area contributed by atoms with E-state index >= 15 is 0 Å². The van der Waals surface area contributed by atoms with Crippen LogP contribution in [0.15, 0.2) is 47.3 Å². The van der Waals surface area contributed by atoms with Crippen molar-refractivity contribution in [2.45, 2.75) is 32.0 Å². The highest BCUT2D eigenvalue weighted by Crippen LogP contribution is 2.35. The van der Waals surface area contributed by atoms with Gasteiger partial charge in [0.05, 0.1) is 26.5 Å². The molecule has 1 aliphatic rings. The molecular formula is C23H16F3N3O3S. The fourth-order valence-corrected chi connectivity index (χ4v) is 5.12. The molecule has 2 aromatic carbocycles. The molecule has 0 aliphatic heterocycles. The van der Waals surface area contributed by atoms with Crippen LogP contribution in [0.25, 0.3) is 21.5 Å². The summed E-state index contributed by atoms with van der Waals surface area (Å²) < 4.78 is 40.7. The van der Waals surface area contributed by atoms with Gasteiger partial charge in [-0.15, -0.1) is 11.3 Å². The summed E-state index contributed by atoms with van der Waals surface area (Å²) in [6.45, 7) is -0.587. The van der Waals surface area contributed by atoms with Crippen LogP contribution >= 0.6 is 11.3 Å². The first kappa shape index (κ1) is 21.3. The molecule has 0 fully saturated rings. The number of halogens is 3. The van der Waals surface area contributed by atoms with Crippen molar-refractivity contribution in [2.75, 3.05) is 0 Å². The van der Waals surface area contributed by atoms with Crippen molar-refractivity contribution < 1.29 is 23.1 Å². The normalized spacial score (nSPS) is 13.1. The van der Waals surface area contributed by atoms with Gasteiger partial charge in [-0.3, -0.25) is 9.59 Å². The lowest BCUT2D eigenvalue weighted by molar-refractivity contribution is -0.138. The molecule has 2 heterocycles. The molecule has 1 aliphatic carbocycles. The van der Waals surface area contributed by atoms with Gasteiger partial charge in [0.15, 0.2) is 0 Å². The topological polar surface area (TPSA) is 85.1 Å². The molecule has 0 saturated heterocycles. The molecule has 4 aromatic rings. The Bertz CT molecular complexity index is 1470. The largest absolute Gasteiger partial charge is 0.480 e. The van der Waals surface area contributed by atoms with E-state index in [1.165, 1.54) is 17.4 Å². The molecule has 0 atom stereocenters. The summed E-state index contributed by atoms with van der Waals surface area (Å²) in [5.41, 5.74) is 2.49. The maximum atomic E-state index is 13.2. The van der Waals surface area contributed by atoms with E-state index in [0.717, 1.165) is 33.5 Å². The van der Waals surface area contributed by atoms with Crippen LogP contribution in [-0.2, 0) is 36.8 Å². The lowest BCUT2D eigenvalue weighted by atomic mass is 9.86. The van der Waals surface area contributed by atoms with E-state index in [4.69, 9.17) is 0 Å². The van der Waals surface area contributed by atoms with E-state index in [-0.39, 0.29) is 11.9 Å². The summed E-state index contributed by atoms with van der Waals surface area (Å²) in [5.74, 6) is -1.20. The number of aromatic nitrogens is 3. The second-order valence-corrected chi connectivity index (χ2v) is 8.90.